The number of carbonyl (C=O) groups is 2. The average Bonchev–Trinajstić information content (AvgIpc) is 2.72. The van der Waals surface area contributed by atoms with Gasteiger partial charge in [0, 0.05) is 19.1 Å². The number of carboxylic acids is 1. The predicted octanol–water partition coefficient (Wildman–Crippen LogP) is 0.975. The summed E-state index contributed by atoms with van der Waals surface area (Å²) in [4.78, 5) is 21.7. The van der Waals surface area contributed by atoms with Gasteiger partial charge in [-0.2, -0.15) is 13.2 Å². The van der Waals surface area contributed by atoms with Gasteiger partial charge in [0.1, 0.15) is 6.61 Å². The van der Waals surface area contributed by atoms with Gasteiger partial charge in [-0.25, -0.2) is 9.59 Å². The first-order valence-electron chi connectivity index (χ1n) is 5.26. The van der Waals surface area contributed by atoms with Gasteiger partial charge in [0.05, 0.1) is 0 Å². The molecule has 0 aromatic carbocycles. The zero-order valence-corrected chi connectivity index (χ0v) is 10.0. The number of hydrogen-bond acceptors (Lipinski definition) is 4. The lowest BCUT2D eigenvalue weighted by molar-refractivity contribution is -0.192. The largest absolute Gasteiger partial charge is 0.490 e. The van der Waals surface area contributed by atoms with Crippen LogP contribution in [0.2, 0.25) is 0 Å². The van der Waals surface area contributed by atoms with Crippen LogP contribution in [0.25, 0.3) is 0 Å². The number of nitrogens with two attached hydrogens (primary N) is 1. The fourth-order valence-corrected chi connectivity index (χ4v) is 1.17. The number of likely N-dealkylation sites (tertiary alicyclic amines) is 1. The summed E-state index contributed by atoms with van der Waals surface area (Å²) < 4.78 is 36.6. The summed E-state index contributed by atoms with van der Waals surface area (Å²) in [5.74, 6) is -2.76. The lowest BCUT2D eigenvalue weighted by Gasteiger charge is -2.14. The topological polar surface area (TPSA) is 92.9 Å². The second kappa shape index (κ2) is 7.62. The fourth-order valence-electron chi connectivity index (χ4n) is 1.17. The minimum absolute atomic E-state index is 0.112. The molecule has 6 nitrogen and oxygen atoms in total. The maximum atomic E-state index is 11.2. The van der Waals surface area contributed by atoms with E-state index in [1.807, 2.05) is 0 Å². The molecule has 1 atom stereocenters. The molecule has 9 heteroatoms. The second-order valence-electron chi connectivity index (χ2n) is 3.66. The molecule has 19 heavy (non-hydrogen) atoms. The number of nitrogens with zero attached hydrogens (tertiary/aromatic N) is 1. The summed E-state index contributed by atoms with van der Waals surface area (Å²) in [6.07, 6.45) is -2.96. The van der Waals surface area contributed by atoms with E-state index in [1.54, 1.807) is 11.0 Å². The Morgan fingerprint density at radius 2 is 2.05 bits per heavy atom. The number of halogens is 3. The monoisotopic (exact) mass is 284 g/mol. The van der Waals surface area contributed by atoms with E-state index < -0.39 is 12.1 Å². The molecule has 3 N–H and O–H groups in total. The van der Waals surface area contributed by atoms with Crippen molar-refractivity contribution in [1.82, 2.24) is 4.90 Å². The number of carbonyl (C=O) groups excluding carboxylic acids is 1. The SMILES string of the molecule is C=CCOC(=O)N1CC[C@@H](N)C1.O=C(O)C(F)(F)F. The molecule has 1 amide bonds. The van der Waals surface area contributed by atoms with Crippen molar-refractivity contribution in [3.05, 3.63) is 12.7 Å². The number of carboxylic acid groups (broad SMARTS) is 1. The minimum Gasteiger partial charge on any atom is -0.475 e. The molecule has 0 bridgehead atoms. The molecule has 0 saturated carbocycles. The van der Waals surface area contributed by atoms with Gasteiger partial charge in [0.25, 0.3) is 0 Å². The summed E-state index contributed by atoms with van der Waals surface area (Å²) in [7, 11) is 0. The van der Waals surface area contributed by atoms with E-state index in [1.165, 1.54) is 0 Å². The Labute approximate surface area is 107 Å². The van der Waals surface area contributed by atoms with Gasteiger partial charge in [0.15, 0.2) is 0 Å². The molecule has 0 aliphatic carbocycles. The second-order valence-corrected chi connectivity index (χ2v) is 3.66. The van der Waals surface area contributed by atoms with Crippen LogP contribution >= 0.6 is 0 Å². The molecule has 1 saturated heterocycles. The van der Waals surface area contributed by atoms with Gasteiger partial charge in [-0.3, -0.25) is 0 Å². The van der Waals surface area contributed by atoms with Crippen LogP contribution in [0, 0.1) is 0 Å². The van der Waals surface area contributed by atoms with E-state index in [4.69, 9.17) is 20.4 Å². The zero-order valence-electron chi connectivity index (χ0n) is 10.0. The molecule has 0 aromatic heterocycles. The van der Waals surface area contributed by atoms with Crippen LogP contribution in [-0.2, 0) is 9.53 Å². The smallest absolute Gasteiger partial charge is 0.475 e. The molecular weight excluding hydrogens is 269 g/mol. The number of alkyl halides is 3. The van der Waals surface area contributed by atoms with Crippen molar-refractivity contribution in [2.75, 3.05) is 19.7 Å². The van der Waals surface area contributed by atoms with E-state index in [0.29, 0.717) is 13.1 Å². The quantitative estimate of drug-likeness (QED) is 0.737. The Balaban J connectivity index is 0.000000399. The highest BCUT2D eigenvalue weighted by atomic mass is 19.4. The van der Waals surface area contributed by atoms with Crippen molar-refractivity contribution < 1.29 is 32.6 Å². The number of aliphatic carboxylic acids is 1. The van der Waals surface area contributed by atoms with Gasteiger partial charge in [-0.15, -0.1) is 0 Å². The first kappa shape index (κ1) is 17.2. The van der Waals surface area contributed by atoms with Gasteiger partial charge >= 0.3 is 18.2 Å². The molecule has 0 aromatic rings. The highest BCUT2D eigenvalue weighted by Gasteiger charge is 2.38. The molecule has 1 aliphatic rings. The maximum Gasteiger partial charge on any atom is 0.490 e. The van der Waals surface area contributed by atoms with E-state index in [-0.39, 0.29) is 18.7 Å². The first-order chi connectivity index (χ1) is 8.68. The number of ether oxygens (including phenoxy) is 1. The van der Waals surface area contributed by atoms with Gasteiger partial charge in [-0.1, -0.05) is 12.7 Å². The molecule has 1 aliphatic heterocycles. The third-order valence-corrected chi connectivity index (χ3v) is 2.05. The highest BCUT2D eigenvalue weighted by molar-refractivity contribution is 5.73. The third-order valence-electron chi connectivity index (χ3n) is 2.05. The summed E-state index contributed by atoms with van der Waals surface area (Å²) in [6, 6.07) is 0.112. The van der Waals surface area contributed by atoms with Crippen molar-refractivity contribution in [2.24, 2.45) is 5.73 Å². The Morgan fingerprint density at radius 1 is 1.53 bits per heavy atom. The summed E-state index contributed by atoms with van der Waals surface area (Å²) in [6.45, 7) is 5.03. The summed E-state index contributed by atoms with van der Waals surface area (Å²) in [5.41, 5.74) is 5.62. The molecule has 0 radical (unpaired) electrons. The van der Waals surface area contributed by atoms with Crippen molar-refractivity contribution in [2.45, 2.75) is 18.6 Å². The van der Waals surface area contributed by atoms with Crippen LogP contribution in [0.3, 0.4) is 0 Å². The van der Waals surface area contributed by atoms with Crippen molar-refractivity contribution >= 4 is 12.1 Å². The van der Waals surface area contributed by atoms with Crippen LogP contribution in [0.15, 0.2) is 12.7 Å². The average molecular weight is 284 g/mol. The number of hydrogen-bond donors (Lipinski definition) is 2. The predicted molar refractivity (Wildman–Crippen MR) is 59.4 cm³/mol. The minimum atomic E-state index is -5.08. The molecule has 1 fully saturated rings. The Kier molecular flexibility index (Phi) is 6.91. The molecule has 0 unspecified atom stereocenters. The fraction of sp³-hybridized carbons (Fsp3) is 0.600. The van der Waals surface area contributed by atoms with Crippen molar-refractivity contribution in [3.63, 3.8) is 0 Å². The maximum absolute atomic E-state index is 11.2. The Morgan fingerprint density at radius 3 is 2.37 bits per heavy atom. The normalized spacial score (nSPS) is 18.3. The highest BCUT2D eigenvalue weighted by Crippen LogP contribution is 2.13. The van der Waals surface area contributed by atoms with E-state index in [2.05, 4.69) is 6.58 Å². The van der Waals surface area contributed by atoms with Crippen molar-refractivity contribution in [3.8, 4) is 0 Å². The van der Waals surface area contributed by atoms with Crippen molar-refractivity contribution in [1.29, 1.82) is 0 Å². The Bertz CT molecular complexity index is 333. The molecule has 1 rings (SSSR count). The van der Waals surface area contributed by atoms with Crippen LogP contribution in [0.1, 0.15) is 6.42 Å². The van der Waals surface area contributed by atoms with E-state index >= 15 is 0 Å². The number of rotatable bonds is 2. The molecular formula is C10H15F3N2O4. The van der Waals surface area contributed by atoms with E-state index in [0.717, 1.165) is 6.42 Å². The van der Waals surface area contributed by atoms with Crippen LogP contribution in [0.4, 0.5) is 18.0 Å². The van der Waals surface area contributed by atoms with Gasteiger partial charge in [0.2, 0.25) is 0 Å². The third kappa shape index (κ3) is 7.29. The van der Waals surface area contributed by atoms with Crippen LogP contribution in [0.5, 0.6) is 0 Å². The zero-order chi connectivity index (χ0) is 15.1. The van der Waals surface area contributed by atoms with Gasteiger partial charge in [-0.05, 0) is 6.42 Å². The molecule has 0 spiro atoms. The summed E-state index contributed by atoms with van der Waals surface area (Å²) >= 11 is 0. The standard InChI is InChI=1S/C8H14N2O2.C2HF3O2/c1-2-5-12-8(11)10-4-3-7(9)6-10;3-2(4,5)1(6)7/h2,7H,1,3-6,9H2;(H,6,7)/t7-;/m1./s1. The van der Waals surface area contributed by atoms with Crippen LogP contribution < -0.4 is 5.73 Å². The van der Waals surface area contributed by atoms with E-state index in [9.17, 15) is 18.0 Å². The van der Waals surface area contributed by atoms with Gasteiger partial charge < -0.3 is 20.5 Å². The Hall–Kier alpha value is -1.77. The molecule has 1 heterocycles. The lowest BCUT2D eigenvalue weighted by Crippen LogP contribution is -2.32. The number of amides is 1. The lowest BCUT2D eigenvalue weighted by atomic mass is 10.3. The van der Waals surface area contributed by atoms with Crippen LogP contribution in [-0.4, -0.2) is 54.0 Å². The summed E-state index contributed by atoms with van der Waals surface area (Å²) in [5, 5.41) is 7.12. The molecule has 110 valence electrons. The first-order valence-corrected chi connectivity index (χ1v) is 5.26.